The molecule has 0 spiro atoms. The summed E-state index contributed by atoms with van der Waals surface area (Å²) in [6.07, 6.45) is 17.5. The fourth-order valence-electron chi connectivity index (χ4n) is 6.51. The fraction of sp³-hybridized carbons (Fsp3) is 0.586. The van der Waals surface area contributed by atoms with Crippen LogP contribution in [0.15, 0.2) is 36.4 Å². The number of rotatable bonds is 7. The second-order valence-corrected chi connectivity index (χ2v) is 10.4. The van der Waals surface area contributed by atoms with E-state index in [0.717, 1.165) is 30.4 Å². The molecule has 2 aromatic rings. The molecule has 0 nitrogen and oxygen atoms in total. The molecule has 0 saturated heterocycles. The van der Waals surface area contributed by atoms with Crippen LogP contribution in [-0.4, -0.2) is 0 Å². The monoisotopic (exact) mass is 442 g/mol. The summed E-state index contributed by atoms with van der Waals surface area (Å²) in [6.45, 7) is 2.31. The van der Waals surface area contributed by atoms with Crippen molar-refractivity contribution in [3.05, 3.63) is 59.4 Å². The van der Waals surface area contributed by atoms with Gasteiger partial charge in [0.1, 0.15) is 0 Å². The Labute approximate surface area is 191 Å². The lowest BCUT2D eigenvalue weighted by molar-refractivity contribution is 0.0382. The van der Waals surface area contributed by atoms with Gasteiger partial charge in [-0.1, -0.05) is 63.3 Å². The summed E-state index contributed by atoms with van der Waals surface area (Å²) in [7, 11) is 0. The van der Waals surface area contributed by atoms with Gasteiger partial charge in [-0.3, -0.25) is 0 Å². The standard InChI is InChI=1S/C29H37F3/c1-2-6-21-13-16-29(17-14-21,25-7-4-3-5-8-25)18-15-22-9-11-23(12-10-22)24-19-26(30)28(32)27(31)20-24/h9-12,19-21,25H,2-8,13-18H2,1H3/t21-,29-. The van der Waals surface area contributed by atoms with Crippen molar-refractivity contribution < 1.29 is 13.2 Å². The minimum absolute atomic E-state index is 0.376. The van der Waals surface area contributed by atoms with Crippen molar-refractivity contribution in [1.29, 1.82) is 0 Å². The molecule has 0 aromatic heterocycles. The molecule has 0 bridgehead atoms. The van der Waals surface area contributed by atoms with Crippen molar-refractivity contribution >= 4 is 0 Å². The molecule has 0 amide bonds. The third-order valence-electron chi connectivity index (χ3n) is 8.45. The second-order valence-electron chi connectivity index (χ2n) is 10.4. The van der Waals surface area contributed by atoms with E-state index in [4.69, 9.17) is 0 Å². The predicted octanol–water partition coefficient (Wildman–Crippen LogP) is 9.26. The minimum Gasteiger partial charge on any atom is -0.204 e. The Balaban J connectivity index is 1.45. The first kappa shape index (κ1) is 23.4. The molecular formula is C29H37F3. The zero-order valence-electron chi connectivity index (χ0n) is 19.4. The molecule has 2 aliphatic rings. The molecule has 4 rings (SSSR count). The molecule has 0 heterocycles. The Morgan fingerprint density at radius 3 is 2.03 bits per heavy atom. The summed E-state index contributed by atoms with van der Waals surface area (Å²) in [5.74, 6) is -1.89. The van der Waals surface area contributed by atoms with Gasteiger partial charge in [0.2, 0.25) is 0 Å². The van der Waals surface area contributed by atoms with Crippen LogP contribution in [0.1, 0.15) is 89.5 Å². The van der Waals surface area contributed by atoms with Crippen LogP contribution < -0.4 is 0 Å². The van der Waals surface area contributed by atoms with E-state index in [9.17, 15) is 13.2 Å². The van der Waals surface area contributed by atoms with Crippen LogP contribution in [0.2, 0.25) is 0 Å². The highest BCUT2D eigenvalue weighted by atomic mass is 19.2. The lowest BCUT2D eigenvalue weighted by atomic mass is 9.58. The Hall–Kier alpha value is -1.77. The van der Waals surface area contributed by atoms with Gasteiger partial charge in [-0.25, -0.2) is 13.2 Å². The maximum atomic E-state index is 13.6. The van der Waals surface area contributed by atoms with Crippen LogP contribution in [0, 0.1) is 34.7 Å². The molecule has 0 N–H and O–H groups in total. The summed E-state index contributed by atoms with van der Waals surface area (Å²) in [5, 5.41) is 0. The predicted molar refractivity (Wildman–Crippen MR) is 126 cm³/mol. The maximum absolute atomic E-state index is 13.6. The van der Waals surface area contributed by atoms with Gasteiger partial charge < -0.3 is 0 Å². The van der Waals surface area contributed by atoms with Gasteiger partial charge in [-0.2, -0.15) is 0 Å². The van der Waals surface area contributed by atoms with Crippen LogP contribution in [0.4, 0.5) is 13.2 Å². The highest BCUT2D eigenvalue weighted by Gasteiger charge is 2.41. The first-order valence-corrected chi connectivity index (χ1v) is 12.7. The molecule has 2 aromatic carbocycles. The third-order valence-corrected chi connectivity index (χ3v) is 8.45. The van der Waals surface area contributed by atoms with E-state index in [1.165, 1.54) is 82.6 Å². The van der Waals surface area contributed by atoms with Crippen molar-refractivity contribution in [1.82, 2.24) is 0 Å². The maximum Gasteiger partial charge on any atom is 0.194 e. The number of hydrogen-bond donors (Lipinski definition) is 0. The smallest absolute Gasteiger partial charge is 0.194 e. The summed E-state index contributed by atoms with van der Waals surface area (Å²) in [5.41, 5.74) is 2.86. The fourth-order valence-corrected chi connectivity index (χ4v) is 6.51. The van der Waals surface area contributed by atoms with E-state index in [0.29, 0.717) is 16.5 Å². The van der Waals surface area contributed by atoms with E-state index in [-0.39, 0.29) is 0 Å². The molecule has 0 aliphatic heterocycles. The highest BCUT2D eigenvalue weighted by Crippen LogP contribution is 2.52. The molecule has 174 valence electrons. The normalized spacial score (nSPS) is 24.6. The Kier molecular flexibility index (Phi) is 7.63. The van der Waals surface area contributed by atoms with Gasteiger partial charge in [-0.15, -0.1) is 0 Å². The molecule has 0 radical (unpaired) electrons. The summed E-state index contributed by atoms with van der Waals surface area (Å²) >= 11 is 0. The van der Waals surface area contributed by atoms with Gasteiger partial charge in [-0.05, 0) is 97.4 Å². The first-order chi connectivity index (χ1) is 15.5. The van der Waals surface area contributed by atoms with Crippen molar-refractivity contribution in [2.24, 2.45) is 17.3 Å². The topological polar surface area (TPSA) is 0 Å². The molecular weight excluding hydrogens is 405 g/mol. The van der Waals surface area contributed by atoms with E-state index in [2.05, 4.69) is 19.1 Å². The number of benzene rings is 2. The van der Waals surface area contributed by atoms with Crippen molar-refractivity contribution in [2.45, 2.75) is 90.4 Å². The largest absolute Gasteiger partial charge is 0.204 e. The van der Waals surface area contributed by atoms with E-state index < -0.39 is 17.5 Å². The van der Waals surface area contributed by atoms with Gasteiger partial charge >= 0.3 is 0 Å². The van der Waals surface area contributed by atoms with Gasteiger partial charge in [0.05, 0.1) is 0 Å². The van der Waals surface area contributed by atoms with E-state index in [1.54, 1.807) is 0 Å². The first-order valence-electron chi connectivity index (χ1n) is 12.7. The number of halogens is 3. The lowest BCUT2D eigenvalue weighted by Crippen LogP contribution is -2.36. The van der Waals surface area contributed by atoms with Crippen LogP contribution in [0.3, 0.4) is 0 Å². The van der Waals surface area contributed by atoms with Crippen LogP contribution in [0.5, 0.6) is 0 Å². The number of hydrogen-bond acceptors (Lipinski definition) is 0. The molecule has 0 atom stereocenters. The summed E-state index contributed by atoms with van der Waals surface area (Å²) in [6, 6.07) is 10.1. The lowest BCUT2D eigenvalue weighted by Gasteiger charge is -2.47. The average molecular weight is 443 g/mol. The average Bonchev–Trinajstić information content (AvgIpc) is 2.83. The van der Waals surface area contributed by atoms with Crippen molar-refractivity contribution in [2.75, 3.05) is 0 Å². The number of aryl methyl sites for hydroxylation is 1. The third kappa shape index (κ3) is 5.24. The molecule has 2 saturated carbocycles. The van der Waals surface area contributed by atoms with Crippen LogP contribution >= 0.6 is 0 Å². The molecule has 2 aliphatic carbocycles. The van der Waals surface area contributed by atoms with Crippen molar-refractivity contribution in [3.63, 3.8) is 0 Å². The molecule has 0 unspecified atom stereocenters. The minimum atomic E-state index is -1.41. The summed E-state index contributed by atoms with van der Waals surface area (Å²) in [4.78, 5) is 0. The van der Waals surface area contributed by atoms with Crippen LogP contribution in [0.25, 0.3) is 11.1 Å². The van der Waals surface area contributed by atoms with Gasteiger partial charge in [0.25, 0.3) is 0 Å². The zero-order valence-corrected chi connectivity index (χ0v) is 19.4. The van der Waals surface area contributed by atoms with E-state index in [1.807, 2.05) is 12.1 Å². The summed E-state index contributed by atoms with van der Waals surface area (Å²) < 4.78 is 40.5. The SMILES string of the molecule is CCC[C@H]1CC[C@](CCc2ccc(-c3cc(F)c(F)c(F)c3)cc2)(C2CCCCC2)CC1. The van der Waals surface area contributed by atoms with Gasteiger partial charge in [0.15, 0.2) is 17.5 Å². The van der Waals surface area contributed by atoms with Crippen LogP contribution in [-0.2, 0) is 6.42 Å². The molecule has 2 fully saturated rings. The highest BCUT2D eigenvalue weighted by molar-refractivity contribution is 5.63. The molecule has 32 heavy (non-hydrogen) atoms. The van der Waals surface area contributed by atoms with Gasteiger partial charge in [0, 0.05) is 0 Å². The Morgan fingerprint density at radius 1 is 0.812 bits per heavy atom. The second kappa shape index (κ2) is 10.4. The van der Waals surface area contributed by atoms with E-state index >= 15 is 0 Å². The Morgan fingerprint density at radius 2 is 1.44 bits per heavy atom. The quantitative estimate of drug-likeness (QED) is 0.375. The zero-order chi connectivity index (χ0) is 22.6. The van der Waals surface area contributed by atoms with Crippen molar-refractivity contribution in [3.8, 4) is 11.1 Å². The molecule has 3 heteroatoms. The Bertz CT molecular complexity index is 849.